The number of nitrogens with zero attached hydrogens (tertiary/aromatic N) is 1. The van der Waals surface area contributed by atoms with Gasteiger partial charge in [0.1, 0.15) is 5.72 Å². The first-order valence-corrected chi connectivity index (χ1v) is 7.14. The van der Waals surface area contributed by atoms with E-state index >= 15 is 0 Å². The van der Waals surface area contributed by atoms with Crippen molar-refractivity contribution in [1.29, 1.82) is 0 Å². The van der Waals surface area contributed by atoms with Gasteiger partial charge in [0.05, 0.1) is 6.61 Å². The molecular formula is C14H29ClN2O. The molecule has 3 nitrogen and oxygen atoms in total. The Morgan fingerprint density at radius 1 is 1.33 bits per heavy atom. The van der Waals surface area contributed by atoms with Gasteiger partial charge in [-0.3, -0.25) is 5.32 Å². The van der Waals surface area contributed by atoms with E-state index in [1.807, 2.05) is 0 Å². The molecule has 4 heteroatoms. The maximum Gasteiger partial charge on any atom is 0.117 e. The van der Waals surface area contributed by atoms with Crippen LogP contribution in [-0.2, 0) is 4.74 Å². The van der Waals surface area contributed by atoms with Crippen molar-refractivity contribution in [2.75, 3.05) is 19.7 Å². The van der Waals surface area contributed by atoms with E-state index in [-0.39, 0.29) is 18.1 Å². The molecule has 0 radical (unpaired) electrons. The van der Waals surface area contributed by atoms with E-state index in [0.29, 0.717) is 12.1 Å². The molecule has 18 heavy (non-hydrogen) atoms. The average molecular weight is 277 g/mol. The fourth-order valence-corrected chi connectivity index (χ4v) is 3.26. The van der Waals surface area contributed by atoms with E-state index in [0.717, 1.165) is 12.5 Å². The van der Waals surface area contributed by atoms with Crippen LogP contribution in [-0.4, -0.2) is 42.4 Å². The van der Waals surface area contributed by atoms with Crippen molar-refractivity contribution in [3.8, 4) is 0 Å². The first-order valence-electron chi connectivity index (χ1n) is 7.14. The molecular weight excluding hydrogens is 248 g/mol. The van der Waals surface area contributed by atoms with Crippen molar-refractivity contribution < 1.29 is 4.74 Å². The number of piperidine rings is 1. The number of nitrogens with one attached hydrogen (secondary N) is 1. The maximum absolute atomic E-state index is 5.91. The first kappa shape index (κ1) is 16.2. The molecule has 0 aromatic carbocycles. The highest BCUT2D eigenvalue weighted by Gasteiger charge is 2.36. The van der Waals surface area contributed by atoms with E-state index in [2.05, 4.69) is 37.9 Å². The Bertz CT molecular complexity index is 254. The van der Waals surface area contributed by atoms with Crippen molar-refractivity contribution in [3.63, 3.8) is 0 Å². The van der Waals surface area contributed by atoms with Crippen molar-refractivity contribution >= 4 is 12.4 Å². The number of likely N-dealkylation sites (tertiary alicyclic amines) is 1. The van der Waals surface area contributed by atoms with Crippen molar-refractivity contribution in [1.82, 2.24) is 10.2 Å². The standard InChI is InChI=1S/C14H28N2O.ClH/c1-11(2)16-7-5-13(6-8-16)9-14(4)15-12(3)10-17-14;/h11-13,15H,5-10H2,1-4H3;1H. The fraction of sp³-hybridized carbons (Fsp3) is 1.00. The molecule has 2 saturated heterocycles. The molecule has 0 aliphatic carbocycles. The van der Waals surface area contributed by atoms with E-state index in [4.69, 9.17) is 4.74 Å². The van der Waals surface area contributed by atoms with Gasteiger partial charge in [-0.15, -0.1) is 12.4 Å². The molecule has 2 fully saturated rings. The molecule has 2 atom stereocenters. The normalized spacial score (nSPS) is 34.8. The summed E-state index contributed by atoms with van der Waals surface area (Å²) in [4.78, 5) is 2.59. The number of ether oxygens (including phenoxy) is 1. The Labute approximate surface area is 118 Å². The molecule has 2 rings (SSSR count). The molecule has 1 N–H and O–H groups in total. The predicted molar refractivity (Wildman–Crippen MR) is 78.3 cm³/mol. The Balaban J connectivity index is 0.00000162. The van der Waals surface area contributed by atoms with Crippen LogP contribution in [0.2, 0.25) is 0 Å². The second-order valence-electron chi connectivity index (χ2n) is 6.36. The third kappa shape index (κ3) is 4.09. The highest BCUT2D eigenvalue weighted by molar-refractivity contribution is 5.85. The zero-order valence-electron chi connectivity index (χ0n) is 12.2. The van der Waals surface area contributed by atoms with Gasteiger partial charge in [0.2, 0.25) is 0 Å². The Kier molecular flexibility index (Phi) is 5.91. The summed E-state index contributed by atoms with van der Waals surface area (Å²) in [6, 6.07) is 1.21. The predicted octanol–water partition coefficient (Wildman–Crippen LogP) is 2.64. The van der Waals surface area contributed by atoms with Crippen LogP contribution in [0.25, 0.3) is 0 Å². The van der Waals surface area contributed by atoms with E-state index in [1.165, 1.54) is 32.4 Å². The summed E-state index contributed by atoms with van der Waals surface area (Å²) >= 11 is 0. The highest BCUT2D eigenvalue weighted by atomic mass is 35.5. The summed E-state index contributed by atoms with van der Waals surface area (Å²) in [6.07, 6.45) is 3.82. The Morgan fingerprint density at radius 3 is 2.39 bits per heavy atom. The van der Waals surface area contributed by atoms with Crippen molar-refractivity contribution in [2.45, 2.75) is 64.8 Å². The fourth-order valence-electron chi connectivity index (χ4n) is 3.26. The van der Waals surface area contributed by atoms with Crippen LogP contribution in [0.3, 0.4) is 0 Å². The monoisotopic (exact) mass is 276 g/mol. The van der Waals surface area contributed by atoms with Gasteiger partial charge in [-0.2, -0.15) is 0 Å². The lowest BCUT2D eigenvalue weighted by Crippen LogP contribution is -2.45. The van der Waals surface area contributed by atoms with Gasteiger partial charge in [-0.25, -0.2) is 0 Å². The lowest BCUT2D eigenvalue weighted by Gasteiger charge is -2.37. The highest BCUT2D eigenvalue weighted by Crippen LogP contribution is 2.30. The van der Waals surface area contributed by atoms with Crippen molar-refractivity contribution in [3.05, 3.63) is 0 Å². The van der Waals surface area contributed by atoms with Gasteiger partial charge in [0, 0.05) is 12.1 Å². The summed E-state index contributed by atoms with van der Waals surface area (Å²) in [5.74, 6) is 0.827. The van der Waals surface area contributed by atoms with Gasteiger partial charge in [-0.1, -0.05) is 0 Å². The molecule has 0 spiro atoms. The molecule has 108 valence electrons. The molecule has 2 aliphatic heterocycles. The summed E-state index contributed by atoms with van der Waals surface area (Å²) in [6.45, 7) is 12.4. The molecule has 0 aromatic heterocycles. The van der Waals surface area contributed by atoms with Gasteiger partial charge in [0.25, 0.3) is 0 Å². The lowest BCUT2D eigenvalue weighted by atomic mass is 9.88. The largest absolute Gasteiger partial charge is 0.359 e. The summed E-state index contributed by atoms with van der Waals surface area (Å²) in [5.41, 5.74) is -0.0654. The van der Waals surface area contributed by atoms with Crippen LogP contribution >= 0.6 is 12.4 Å². The Hall–Kier alpha value is 0.170. The number of halogens is 1. The van der Waals surface area contributed by atoms with Crippen LogP contribution < -0.4 is 5.32 Å². The number of rotatable bonds is 3. The lowest BCUT2D eigenvalue weighted by molar-refractivity contribution is -0.0220. The summed E-state index contributed by atoms with van der Waals surface area (Å²) in [7, 11) is 0. The van der Waals surface area contributed by atoms with Crippen molar-refractivity contribution in [2.24, 2.45) is 5.92 Å². The van der Waals surface area contributed by atoms with Crippen LogP contribution in [0.15, 0.2) is 0 Å². The summed E-state index contributed by atoms with van der Waals surface area (Å²) in [5, 5.41) is 3.58. The van der Waals surface area contributed by atoms with E-state index in [1.54, 1.807) is 0 Å². The summed E-state index contributed by atoms with van der Waals surface area (Å²) < 4.78 is 5.91. The van der Waals surface area contributed by atoms with Gasteiger partial charge >= 0.3 is 0 Å². The van der Waals surface area contributed by atoms with Crippen LogP contribution in [0.5, 0.6) is 0 Å². The minimum atomic E-state index is -0.0654. The van der Waals surface area contributed by atoms with Crippen LogP contribution in [0.4, 0.5) is 0 Å². The van der Waals surface area contributed by atoms with E-state index in [9.17, 15) is 0 Å². The van der Waals surface area contributed by atoms with Crippen LogP contribution in [0.1, 0.15) is 47.0 Å². The quantitative estimate of drug-likeness (QED) is 0.858. The molecule has 2 unspecified atom stereocenters. The number of hydrogen-bond acceptors (Lipinski definition) is 3. The van der Waals surface area contributed by atoms with Gasteiger partial charge in [-0.05, 0) is 66.0 Å². The van der Waals surface area contributed by atoms with Gasteiger partial charge in [0.15, 0.2) is 0 Å². The second kappa shape index (κ2) is 6.56. The first-order chi connectivity index (χ1) is 7.98. The molecule has 0 saturated carbocycles. The van der Waals surface area contributed by atoms with E-state index < -0.39 is 0 Å². The maximum atomic E-state index is 5.91. The molecule has 0 amide bonds. The number of hydrogen-bond donors (Lipinski definition) is 1. The SMILES string of the molecule is CC1COC(C)(CC2CCN(C(C)C)CC2)N1.Cl. The van der Waals surface area contributed by atoms with Crippen LogP contribution in [0, 0.1) is 5.92 Å². The molecule has 0 aromatic rings. The minimum Gasteiger partial charge on any atom is -0.359 e. The van der Waals surface area contributed by atoms with Gasteiger partial charge < -0.3 is 9.64 Å². The zero-order chi connectivity index (χ0) is 12.5. The smallest absolute Gasteiger partial charge is 0.117 e. The second-order valence-corrected chi connectivity index (χ2v) is 6.36. The Morgan fingerprint density at radius 2 is 1.94 bits per heavy atom. The molecule has 2 heterocycles. The third-order valence-corrected chi connectivity index (χ3v) is 4.26. The zero-order valence-corrected chi connectivity index (χ0v) is 13.1. The average Bonchev–Trinajstić information content (AvgIpc) is 2.59. The topological polar surface area (TPSA) is 24.5 Å². The third-order valence-electron chi connectivity index (χ3n) is 4.26. The minimum absolute atomic E-state index is 0. The molecule has 2 aliphatic rings. The molecule has 0 bridgehead atoms.